The minimum Gasteiger partial charge on any atom is -0.367 e. The average molecular weight is 527 g/mol. The Hall–Kier alpha value is -3.16. The second kappa shape index (κ2) is 10.3. The van der Waals surface area contributed by atoms with Gasteiger partial charge in [0.05, 0.1) is 11.8 Å². The third-order valence-electron chi connectivity index (χ3n) is 7.11. The van der Waals surface area contributed by atoms with Crippen LogP contribution in [-0.4, -0.2) is 44.7 Å². The summed E-state index contributed by atoms with van der Waals surface area (Å²) in [4.78, 5) is 11.8. The van der Waals surface area contributed by atoms with Crippen LogP contribution >= 0.6 is 11.3 Å². The molecule has 1 N–H and O–H groups in total. The number of aromatic nitrogens is 3. The number of fused-ring (bicyclic) bond motifs is 2. The van der Waals surface area contributed by atoms with E-state index >= 15 is 0 Å². The summed E-state index contributed by atoms with van der Waals surface area (Å²) in [5, 5.41) is 14.8. The smallest absolute Gasteiger partial charge is 0.367 e. The van der Waals surface area contributed by atoms with E-state index in [1.54, 1.807) is 6.07 Å². The average Bonchev–Trinajstić information content (AvgIpc) is 3.43. The summed E-state index contributed by atoms with van der Waals surface area (Å²) in [5.74, 6) is 0.610. The summed E-state index contributed by atoms with van der Waals surface area (Å²) in [5.41, 5.74) is 4.31. The normalized spacial score (nSPS) is 15.5. The van der Waals surface area contributed by atoms with Crippen molar-refractivity contribution in [1.82, 2.24) is 19.4 Å². The number of hydrogen-bond donors (Lipinski definition) is 1. The predicted molar refractivity (Wildman–Crippen MR) is 141 cm³/mol. The lowest BCUT2D eigenvalue weighted by molar-refractivity contribution is -0.126. The van der Waals surface area contributed by atoms with Crippen LogP contribution in [0.4, 0.5) is 19.0 Å². The number of nitrogens with one attached hydrogen (secondary N) is 1. The number of nitriles is 1. The highest BCUT2D eigenvalue weighted by Gasteiger charge is 2.29. The predicted octanol–water partition coefficient (Wildman–Crippen LogP) is 6.42. The molecule has 1 saturated heterocycles. The molecule has 0 unspecified atom stereocenters. The number of halogens is 3. The van der Waals surface area contributed by atoms with Crippen LogP contribution in [0, 0.1) is 18.3 Å². The van der Waals surface area contributed by atoms with Crippen LogP contribution in [0.3, 0.4) is 0 Å². The molecule has 0 atom stereocenters. The molecule has 0 amide bonds. The number of alkyl halides is 3. The van der Waals surface area contributed by atoms with Crippen molar-refractivity contribution >= 4 is 38.3 Å². The molecule has 0 bridgehead atoms. The minimum atomic E-state index is -4.24. The Kier molecular flexibility index (Phi) is 7.10. The van der Waals surface area contributed by atoms with E-state index in [1.165, 1.54) is 17.5 Å². The lowest BCUT2D eigenvalue weighted by Gasteiger charge is -2.33. The van der Waals surface area contributed by atoms with Crippen molar-refractivity contribution < 1.29 is 13.2 Å². The maximum absolute atomic E-state index is 12.8. The number of thiophene rings is 1. The van der Waals surface area contributed by atoms with Crippen LogP contribution in [0.5, 0.6) is 0 Å². The molecular formula is C27H29F3N6S. The highest BCUT2D eigenvalue weighted by atomic mass is 32.1. The third kappa shape index (κ3) is 5.43. The van der Waals surface area contributed by atoms with Crippen molar-refractivity contribution in [3.8, 4) is 6.07 Å². The molecule has 1 aliphatic rings. The van der Waals surface area contributed by atoms with E-state index < -0.39 is 12.6 Å². The second-order valence-electron chi connectivity index (χ2n) is 9.72. The van der Waals surface area contributed by atoms with Crippen molar-refractivity contribution in [2.24, 2.45) is 0 Å². The van der Waals surface area contributed by atoms with Crippen LogP contribution in [0.2, 0.25) is 0 Å². The number of aryl methyl sites for hydroxylation is 2. The van der Waals surface area contributed by atoms with Gasteiger partial charge in [-0.1, -0.05) is 13.0 Å². The summed E-state index contributed by atoms with van der Waals surface area (Å²) in [6.07, 6.45) is -0.967. The van der Waals surface area contributed by atoms with E-state index in [0.29, 0.717) is 21.7 Å². The van der Waals surface area contributed by atoms with Crippen LogP contribution in [0.1, 0.15) is 47.9 Å². The van der Waals surface area contributed by atoms with Gasteiger partial charge in [-0.25, -0.2) is 9.97 Å². The third-order valence-corrected chi connectivity index (χ3v) is 8.15. The topological polar surface area (TPSA) is 69.8 Å². The van der Waals surface area contributed by atoms with Gasteiger partial charge in [0.15, 0.2) is 0 Å². The van der Waals surface area contributed by atoms with Gasteiger partial charge < -0.3 is 9.88 Å². The summed E-state index contributed by atoms with van der Waals surface area (Å²) in [6.45, 7) is 7.75. The summed E-state index contributed by atoms with van der Waals surface area (Å²) in [6, 6.07) is 10.4. The number of hydrogen-bond acceptors (Lipinski definition) is 6. The molecule has 1 fully saturated rings. The van der Waals surface area contributed by atoms with Gasteiger partial charge in [0.1, 0.15) is 28.7 Å². The molecule has 0 saturated carbocycles. The first-order chi connectivity index (χ1) is 17.8. The maximum atomic E-state index is 12.8. The van der Waals surface area contributed by atoms with E-state index in [1.807, 2.05) is 6.07 Å². The van der Waals surface area contributed by atoms with Gasteiger partial charge in [-0.05, 0) is 55.5 Å². The van der Waals surface area contributed by atoms with Gasteiger partial charge in [-0.2, -0.15) is 18.4 Å². The Morgan fingerprint density at radius 3 is 2.65 bits per heavy atom. The highest BCUT2D eigenvalue weighted by molar-refractivity contribution is 7.18. The van der Waals surface area contributed by atoms with Gasteiger partial charge >= 0.3 is 6.18 Å². The molecule has 3 aromatic heterocycles. The molecule has 1 aromatic carbocycles. The Bertz CT molecular complexity index is 1460. The molecule has 37 heavy (non-hydrogen) atoms. The van der Waals surface area contributed by atoms with E-state index in [-0.39, 0.29) is 10.9 Å². The molecule has 6 nitrogen and oxygen atoms in total. The SMILES string of the molecule is CCCn1c(C#N)cc2c(C)c(CN3CCC(Nc4ncnc5sc(CC(F)(F)F)cc45)CC3)ccc21. The first-order valence-corrected chi connectivity index (χ1v) is 13.4. The fraction of sp³-hybridized carbons (Fsp3) is 0.444. The van der Waals surface area contributed by atoms with Gasteiger partial charge in [-0.15, -0.1) is 11.3 Å². The molecule has 10 heteroatoms. The highest BCUT2D eigenvalue weighted by Crippen LogP contribution is 2.33. The fourth-order valence-corrected chi connectivity index (χ4v) is 6.25. The number of rotatable bonds is 7. The number of nitrogens with zero attached hydrogens (tertiary/aromatic N) is 5. The molecule has 0 aliphatic carbocycles. The molecule has 4 heterocycles. The first-order valence-electron chi connectivity index (χ1n) is 12.6. The molecule has 4 aromatic rings. The number of piperidine rings is 1. The Morgan fingerprint density at radius 1 is 1.16 bits per heavy atom. The van der Waals surface area contributed by atoms with E-state index in [0.717, 1.165) is 67.7 Å². The lowest BCUT2D eigenvalue weighted by Crippen LogP contribution is -2.39. The fourth-order valence-electron chi connectivity index (χ4n) is 5.22. The summed E-state index contributed by atoms with van der Waals surface area (Å²) < 4.78 is 40.6. The zero-order chi connectivity index (χ0) is 26.2. The second-order valence-corrected chi connectivity index (χ2v) is 10.8. The number of likely N-dealkylation sites (tertiary alicyclic amines) is 1. The van der Waals surface area contributed by atoms with Crippen molar-refractivity contribution in [2.45, 2.75) is 64.8 Å². The van der Waals surface area contributed by atoms with Crippen LogP contribution in [0.25, 0.3) is 21.1 Å². The molecule has 0 radical (unpaired) electrons. The molecule has 0 spiro atoms. The maximum Gasteiger partial charge on any atom is 0.393 e. The monoisotopic (exact) mass is 526 g/mol. The van der Waals surface area contributed by atoms with E-state index in [9.17, 15) is 18.4 Å². The van der Waals surface area contributed by atoms with Crippen LogP contribution < -0.4 is 5.32 Å². The van der Waals surface area contributed by atoms with Gasteiger partial charge in [0, 0.05) is 48.0 Å². The van der Waals surface area contributed by atoms with E-state index in [2.05, 4.69) is 56.8 Å². The zero-order valence-corrected chi connectivity index (χ0v) is 21.7. The minimum absolute atomic E-state index is 0.199. The van der Waals surface area contributed by atoms with E-state index in [4.69, 9.17) is 0 Å². The van der Waals surface area contributed by atoms with Gasteiger partial charge in [0.25, 0.3) is 0 Å². The Morgan fingerprint density at radius 2 is 1.95 bits per heavy atom. The zero-order valence-electron chi connectivity index (χ0n) is 20.9. The largest absolute Gasteiger partial charge is 0.393 e. The molecule has 5 rings (SSSR count). The molecule has 1 aliphatic heterocycles. The first kappa shape index (κ1) is 25.5. The Labute approximate surface area is 217 Å². The van der Waals surface area contributed by atoms with Crippen LogP contribution in [-0.2, 0) is 19.5 Å². The lowest BCUT2D eigenvalue weighted by atomic mass is 10.0. The van der Waals surface area contributed by atoms with Crippen molar-refractivity contribution in [3.05, 3.63) is 52.3 Å². The molecular weight excluding hydrogens is 497 g/mol. The Balaban J connectivity index is 1.24. The van der Waals surface area contributed by atoms with Gasteiger partial charge in [-0.3, -0.25) is 4.90 Å². The number of anilines is 1. The quantitative estimate of drug-likeness (QED) is 0.301. The molecule has 194 valence electrons. The van der Waals surface area contributed by atoms with Crippen molar-refractivity contribution in [3.63, 3.8) is 0 Å². The van der Waals surface area contributed by atoms with Crippen molar-refractivity contribution in [1.29, 1.82) is 5.26 Å². The van der Waals surface area contributed by atoms with Crippen molar-refractivity contribution in [2.75, 3.05) is 18.4 Å². The summed E-state index contributed by atoms with van der Waals surface area (Å²) in [7, 11) is 0. The standard InChI is InChI=1S/C27H29F3N6S/c1-3-8-36-20(14-31)11-22-17(2)18(4-5-24(22)36)15-35-9-6-19(7-10-35)34-25-23-12-21(13-27(28,29)30)37-26(23)33-16-32-25/h4-5,11-12,16,19H,3,6-10,13,15H2,1-2H3,(H,32,33,34). The number of benzene rings is 1. The van der Waals surface area contributed by atoms with Gasteiger partial charge in [0.2, 0.25) is 0 Å². The van der Waals surface area contributed by atoms with Crippen LogP contribution in [0.15, 0.2) is 30.6 Å². The summed E-state index contributed by atoms with van der Waals surface area (Å²) >= 11 is 1.07.